The normalized spacial score (nSPS) is 9.33. The SMILES string of the molecule is C.C.C.CC.CC.CC.CC(C)c1ccc(C(C)C)cc1.CC(C)c1ccc(C(C)C)nc1.CC(C)c1cnc(C(C)C)nc1. The largest absolute Gasteiger partial charge is 0.261 e. The Balaban J connectivity index is -0.000000113. The number of benzene rings is 1. The van der Waals surface area contributed by atoms with E-state index in [1.807, 2.05) is 60.1 Å². The van der Waals surface area contributed by atoms with Crippen LogP contribution < -0.4 is 0 Å². The quantitative estimate of drug-likeness (QED) is 0.273. The molecule has 0 saturated heterocycles. The van der Waals surface area contributed by atoms with E-state index in [4.69, 9.17) is 0 Å². The third kappa shape index (κ3) is 24.4. The van der Waals surface area contributed by atoms with Crippen molar-refractivity contribution in [2.24, 2.45) is 0 Å². The van der Waals surface area contributed by atoms with Crippen LogP contribution in [0.25, 0.3) is 0 Å². The molecule has 2 heterocycles. The van der Waals surface area contributed by atoms with Crippen LogP contribution in [0, 0.1) is 0 Å². The zero-order valence-corrected chi connectivity index (χ0v) is 31.0. The molecule has 264 valence electrons. The van der Waals surface area contributed by atoms with Gasteiger partial charge in [-0.25, -0.2) is 9.97 Å². The van der Waals surface area contributed by atoms with Crippen molar-refractivity contribution in [3.05, 3.63) is 88.8 Å². The van der Waals surface area contributed by atoms with E-state index in [1.54, 1.807) is 0 Å². The fourth-order valence-corrected chi connectivity index (χ4v) is 3.31. The van der Waals surface area contributed by atoms with Crippen LogP contribution in [-0.4, -0.2) is 15.0 Å². The van der Waals surface area contributed by atoms with Gasteiger partial charge in [-0.1, -0.05) is 177 Å². The fraction of sp³-hybridized carbons (Fsp3) is 0.643. The van der Waals surface area contributed by atoms with Crippen molar-refractivity contribution in [3.63, 3.8) is 0 Å². The summed E-state index contributed by atoms with van der Waals surface area (Å²) in [4.78, 5) is 13.0. The van der Waals surface area contributed by atoms with Gasteiger partial charge in [0.2, 0.25) is 0 Å². The summed E-state index contributed by atoms with van der Waals surface area (Å²) in [5.41, 5.74) is 6.57. The van der Waals surface area contributed by atoms with Crippen LogP contribution in [0.5, 0.6) is 0 Å². The molecule has 0 atom stereocenters. The number of hydrogen-bond acceptors (Lipinski definition) is 3. The van der Waals surface area contributed by atoms with Crippen LogP contribution in [0.15, 0.2) is 55.0 Å². The van der Waals surface area contributed by atoms with Crippen LogP contribution in [0.1, 0.15) is 216 Å². The van der Waals surface area contributed by atoms with E-state index in [9.17, 15) is 0 Å². The number of hydrogen-bond donors (Lipinski definition) is 0. The first-order valence-corrected chi connectivity index (χ1v) is 16.7. The standard InChI is InChI=1S/C12H18.C11H17N.C10H16N2.3C2H6.3CH4/c1-9(2)11-5-7-12(8-6-11)10(3)4;1-8(2)10-5-6-11(9(3)4)12-7-10;1-7(2)9-5-11-10(8(3)4)12-6-9;3*1-2;;;/h5-10H,1-4H3;5-9H,1-4H3;5-8H,1-4H3;3*1-2H3;3*1H4. The molecule has 1 aromatic carbocycles. The van der Waals surface area contributed by atoms with E-state index in [0.717, 1.165) is 5.82 Å². The molecule has 0 unspecified atom stereocenters. The third-order valence-corrected chi connectivity index (χ3v) is 6.21. The Morgan fingerprint density at radius 3 is 0.844 bits per heavy atom. The minimum absolute atomic E-state index is 0. The maximum absolute atomic E-state index is 4.40. The summed E-state index contributed by atoms with van der Waals surface area (Å²) >= 11 is 0. The second kappa shape index (κ2) is 32.8. The van der Waals surface area contributed by atoms with Gasteiger partial charge in [-0.15, -0.1) is 0 Å². The summed E-state index contributed by atoms with van der Waals surface area (Å²) in [7, 11) is 0. The Labute approximate surface area is 285 Å². The van der Waals surface area contributed by atoms with E-state index < -0.39 is 0 Å². The van der Waals surface area contributed by atoms with Gasteiger partial charge in [-0.2, -0.15) is 0 Å². The van der Waals surface area contributed by atoms with Crippen molar-refractivity contribution >= 4 is 0 Å². The summed E-state index contributed by atoms with van der Waals surface area (Å²) in [5.74, 6) is 4.28. The van der Waals surface area contributed by atoms with Crippen molar-refractivity contribution in [2.45, 2.75) is 182 Å². The van der Waals surface area contributed by atoms with Gasteiger partial charge >= 0.3 is 0 Å². The molecule has 0 aliphatic heterocycles. The molecular weight excluding hydrogens is 546 g/mol. The van der Waals surface area contributed by atoms with Gasteiger partial charge in [0, 0.05) is 30.2 Å². The number of nitrogens with zero attached hydrogens (tertiary/aromatic N) is 3. The fourth-order valence-electron chi connectivity index (χ4n) is 3.31. The zero-order valence-electron chi connectivity index (χ0n) is 31.0. The predicted octanol–water partition coefficient (Wildman–Crippen LogP) is 15.0. The molecule has 45 heavy (non-hydrogen) atoms. The zero-order chi connectivity index (χ0) is 33.4. The lowest BCUT2D eigenvalue weighted by atomic mass is 9.97. The summed E-state index contributed by atoms with van der Waals surface area (Å²) in [6.45, 7) is 38.1. The Hall–Kier alpha value is -2.55. The molecule has 0 aliphatic rings. The molecule has 0 N–H and O–H groups in total. The minimum Gasteiger partial charge on any atom is -0.261 e. The molecule has 0 amide bonds. The Kier molecular flexibility index (Phi) is 40.1. The second-order valence-corrected chi connectivity index (χ2v) is 11.5. The first-order valence-electron chi connectivity index (χ1n) is 16.7. The van der Waals surface area contributed by atoms with E-state index in [0.29, 0.717) is 35.5 Å². The van der Waals surface area contributed by atoms with Gasteiger partial charge in [-0.05, 0) is 57.9 Å². The Morgan fingerprint density at radius 2 is 0.622 bits per heavy atom. The summed E-state index contributed by atoms with van der Waals surface area (Å²) in [6, 6.07) is 13.2. The lowest BCUT2D eigenvalue weighted by Crippen LogP contribution is -1.99. The molecule has 0 fully saturated rings. The van der Waals surface area contributed by atoms with Crippen molar-refractivity contribution in [2.75, 3.05) is 0 Å². The summed E-state index contributed by atoms with van der Waals surface area (Å²) in [5, 5.41) is 0. The molecule has 3 rings (SSSR count). The minimum atomic E-state index is 0. The van der Waals surface area contributed by atoms with Crippen LogP contribution in [0.4, 0.5) is 0 Å². The average molecular weight is 628 g/mol. The molecule has 0 saturated carbocycles. The molecular formula is C42H81N3. The van der Waals surface area contributed by atoms with Crippen molar-refractivity contribution in [3.8, 4) is 0 Å². The van der Waals surface area contributed by atoms with E-state index >= 15 is 0 Å². The van der Waals surface area contributed by atoms with Crippen molar-refractivity contribution in [1.29, 1.82) is 0 Å². The molecule has 0 aliphatic carbocycles. The topological polar surface area (TPSA) is 38.7 Å². The van der Waals surface area contributed by atoms with Gasteiger partial charge in [-0.3, -0.25) is 4.98 Å². The van der Waals surface area contributed by atoms with Gasteiger partial charge in [0.25, 0.3) is 0 Å². The first kappa shape index (κ1) is 54.9. The number of pyridine rings is 1. The van der Waals surface area contributed by atoms with E-state index in [-0.39, 0.29) is 22.3 Å². The lowest BCUT2D eigenvalue weighted by molar-refractivity contribution is 0.754. The van der Waals surface area contributed by atoms with Gasteiger partial charge < -0.3 is 0 Å². The molecule has 2 aromatic heterocycles. The van der Waals surface area contributed by atoms with Crippen LogP contribution in [0.3, 0.4) is 0 Å². The van der Waals surface area contributed by atoms with Crippen LogP contribution in [-0.2, 0) is 0 Å². The molecule has 0 spiro atoms. The first-order chi connectivity index (χ1) is 19.8. The highest BCUT2D eigenvalue weighted by Gasteiger charge is 2.04. The van der Waals surface area contributed by atoms with E-state index in [2.05, 4.69) is 134 Å². The molecule has 3 nitrogen and oxygen atoms in total. The predicted molar refractivity (Wildman–Crippen MR) is 211 cm³/mol. The third-order valence-electron chi connectivity index (χ3n) is 6.21. The highest BCUT2D eigenvalue weighted by atomic mass is 14.9. The van der Waals surface area contributed by atoms with Gasteiger partial charge in [0.05, 0.1) is 0 Å². The smallest absolute Gasteiger partial charge is 0.130 e. The molecule has 0 radical (unpaired) electrons. The average Bonchev–Trinajstić information content (AvgIpc) is 3.01. The van der Waals surface area contributed by atoms with Crippen LogP contribution in [0.2, 0.25) is 0 Å². The number of rotatable bonds is 6. The Morgan fingerprint density at radius 1 is 0.333 bits per heavy atom. The maximum Gasteiger partial charge on any atom is 0.130 e. The maximum atomic E-state index is 4.40. The van der Waals surface area contributed by atoms with Crippen molar-refractivity contribution < 1.29 is 0 Å². The van der Waals surface area contributed by atoms with Crippen molar-refractivity contribution in [1.82, 2.24) is 15.0 Å². The highest BCUT2D eigenvalue weighted by molar-refractivity contribution is 5.26. The molecule has 3 heteroatoms. The van der Waals surface area contributed by atoms with Gasteiger partial charge in [0.1, 0.15) is 5.82 Å². The lowest BCUT2D eigenvalue weighted by Gasteiger charge is -2.08. The Bertz CT molecular complexity index is 753. The van der Waals surface area contributed by atoms with Crippen LogP contribution >= 0.6 is 0 Å². The molecule has 3 aromatic rings. The summed E-state index contributed by atoms with van der Waals surface area (Å²) in [6.07, 6.45) is 5.83. The highest BCUT2D eigenvalue weighted by Crippen LogP contribution is 2.19. The second-order valence-electron chi connectivity index (χ2n) is 11.5. The monoisotopic (exact) mass is 628 g/mol. The van der Waals surface area contributed by atoms with Gasteiger partial charge in [0.15, 0.2) is 0 Å². The summed E-state index contributed by atoms with van der Waals surface area (Å²) < 4.78 is 0. The molecule has 0 bridgehead atoms. The van der Waals surface area contributed by atoms with E-state index in [1.165, 1.54) is 27.9 Å². The number of aromatic nitrogens is 3.